The molecular weight excluding hydrogens is 344 g/mol. The Morgan fingerprint density at radius 3 is 2.59 bits per heavy atom. The van der Waals surface area contributed by atoms with Gasteiger partial charge in [-0.15, -0.1) is 0 Å². The molecule has 3 N–H and O–H groups in total. The number of hydrogen-bond donors (Lipinski definition) is 2. The fourth-order valence-corrected chi connectivity index (χ4v) is 4.38. The maximum atomic E-state index is 13.3. The number of carbonyl (C=O) groups is 1. The maximum Gasteiger partial charge on any atom is 0.291 e. The number of amides is 1. The molecule has 1 aromatic heterocycles. The summed E-state index contributed by atoms with van der Waals surface area (Å²) in [6.07, 6.45) is 0.943. The summed E-state index contributed by atoms with van der Waals surface area (Å²) < 4.78 is 6.25. The average molecular weight is 374 g/mol. The van der Waals surface area contributed by atoms with Crippen LogP contribution in [0.1, 0.15) is 42.1 Å². The van der Waals surface area contributed by atoms with Crippen LogP contribution in [0.15, 0.2) is 0 Å². The minimum Gasteiger partial charge on any atom is -0.363 e. The Balaban J connectivity index is 1.62. The first-order chi connectivity index (χ1) is 12.7. The fraction of sp³-hybridized carbons (Fsp3) is 0.737. The van der Waals surface area contributed by atoms with Gasteiger partial charge in [0.25, 0.3) is 5.91 Å². The largest absolute Gasteiger partial charge is 0.363 e. The van der Waals surface area contributed by atoms with Gasteiger partial charge in [0.05, 0.1) is 12.1 Å². The number of nitrogens with one attached hydrogen (secondary N) is 1. The summed E-state index contributed by atoms with van der Waals surface area (Å²) in [7, 11) is 0. The molecule has 4 heterocycles. The molecule has 27 heavy (non-hydrogen) atoms. The van der Waals surface area contributed by atoms with Crippen molar-refractivity contribution in [3.8, 4) is 0 Å². The summed E-state index contributed by atoms with van der Waals surface area (Å²) in [5, 5.41) is 3.26. The van der Waals surface area contributed by atoms with Crippen molar-refractivity contribution in [1.82, 2.24) is 20.2 Å². The lowest BCUT2D eigenvalue weighted by molar-refractivity contribution is -0.206. The van der Waals surface area contributed by atoms with E-state index in [9.17, 15) is 4.79 Å². The van der Waals surface area contributed by atoms with Gasteiger partial charge < -0.3 is 25.6 Å². The molecule has 0 radical (unpaired) electrons. The second kappa shape index (κ2) is 6.39. The molecule has 4 rings (SSSR count). The van der Waals surface area contributed by atoms with Crippen LogP contribution in [0.2, 0.25) is 0 Å². The molecule has 0 saturated carbocycles. The predicted molar refractivity (Wildman–Crippen MR) is 103 cm³/mol. The second-order valence-corrected chi connectivity index (χ2v) is 8.89. The molecule has 3 aliphatic rings. The number of rotatable bonds is 2. The van der Waals surface area contributed by atoms with Crippen molar-refractivity contribution in [2.45, 2.75) is 51.4 Å². The Kier molecular flexibility index (Phi) is 4.40. The summed E-state index contributed by atoms with van der Waals surface area (Å²) in [5.41, 5.74) is 7.25. The summed E-state index contributed by atoms with van der Waals surface area (Å²) in [6, 6.07) is 0.157. The topological polar surface area (TPSA) is 96.6 Å². The normalized spacial score (nSPS) is 26.3. The smallest absolute Gasteiger partial charge is 0.291 e. The first-order valence-electron chi connectivity index (χ1n) is 9.74. The van der Waals surface area contributed by atoms with E-state index in [1.807, 2.05) is 32.6 Å². The number of aromatic nitrogens is 2. The molecule has 0 aliphatic carbocycles. The standard InChI is InChI=1S/C19H30N6O2/c1-12-13(2)22-15(23-16(12)24-6-5-14(20)7-24)17(26)25-10-18(3,4)27-19(11-25)8-21-9-19/h14,21H,5-11,20H2,1-4H3/t14-/m1/s1. The molecule has 0 aromatic carbocycles. The Hall–Kier alpha value is -1.77. The predicted octanol–water partition coefficient (Wildman–Crippen LogP) is 0.224. The van der Waals surface area contributed by atoms with E-state index in [2.05, 4.69) is 20.2 Å². The zero-order chi connectivity index (χ0) is 19.4. The van der Waals surface area contributed by atoms with E-state index >= 15 is 0 Å². The molecule has 1 spiro atoms. The lowest BCUT2D eigenvalue weighted by Crippen LogP contribution is -2.73. The monoisotopic (exact) mass is 374 g/mol. The number of nitrogens with two attached hydrogens (primary N) is 1. The van der Waals surface area contributed by atoms with Crippen LogP contribution in [-0.4, -0.2) is 77.3 Å². The van der Waals surface area contributed by atoms with Crippen molar-refractivity contribution < 1.29 is 9.53 Å². The van der Waals surface area contributed by atoms with Crippen LogP contribution < -0.4 is 16.0 Å². The van der Waals surface area contributed by atoms with E-state index in [-0.39, 0.29) is 29.0 Å². The minimum atomic E-state index is -0.389. The second-order valence-electron chi connectivity index (χ2n) is 8.89. The third kappa shape index (κ3) is 3.41. The van der Waals surface area contributed by atoms with Gasteiger partial charge >= 0.3 is 0 Å². The van der Waals surface area contributed by atoms with Gasteiger partial charge in [-0.3, -0.25) is 4.79 Å². The molecule has 148 valence electrons. The van der Waals surface area contributed by atoms with Crippen LogP contribution in [-0.2, 0) is 4.74 Å². The maximum absolute atomic E-state index is 13.3. The molecule has 3 aliphatic heterocycles. The number of morpholine rings is 1. The summed E-state index contributed by atoms with van der Waals surface area (Å²) in [4.78, 5) is 26.5. The quantitative estimate of drug-likeness (QED) is 0.764. The van der Waals surface area contributed by atoms with Gasteiger partial charge in [-0.25, -0.2) is 9.97 Å². The Labute approximate surface area is 160 Å². The highest BCUT2D eigenvalue weighted by Crippen LogP contribution is 2.32. The highest BCUT2D eigenvalue weighted by molar-refractivity contribution is 5.91. The van der Waals surface area contributed by atoms with Gasteiger partial charge in [-0.1, -0.05) is 0 Å². The third-order valence-corrected chi connectivity index (χ3v) is 5.80. The van der Waals surface area contributed by atoms with Gasteiger partial charge in [0.1, 0.15) is 11.4 Å². The molecular formula is C19H30N6O2. The van der Waals surface area contributed by atoms with Crippen LogP contribution >= 0.6 is 0 Å². The van der Waals surface area contributed by atoms with Gasteiger partial charge in [-0.05, 0) is 34.1 Å². The number of hydrogen-bond acceptors (Lipinski definition) is 7. The minimum absolute atomic E-state index is 0.120. The zero-order valence-corrected chi connectivity index (χ0v) is 16.7. The van der Waals surface area contributed by atoms with E-state index in [1.165, 1.54) is 0 Å². The van der Waals surface area contributed by atoms with E-state index in [0.717, 1.165) is 49.7 Å². The van der Waals surface area contributed by atoms with Crippen LogP contribution in [0.5, 0.6) is 0 Å². The van der Waals surface area contributed by atoms with E-state index in [1.54, 1.807) is 0 Å². The number of nitrogens with zero attached hydrogens (tertiary/aromatic N) is 4. The Morgan fingerprint density at radius 2 is 2.00 bits per heavy atom. The van der Waals surface area contributed by atoms with Crippen molar-refractivity contribution in [2.24, 2.45) is 5.73 Å². The van der Waals surface area contributed by atoms with Gasteiger partial charge in [0.2, 0.25) is 5.82 Å². The number of ether oxygens (including phenoxy) is 1. The number of anilines is 1. The lowest BCUT2D eigenvalue weighted by Gasteiger charge is -2.54. The number of carbonyl (C=O) groups excluding carboxylic acids is 1. The molecule has 3 fully saturated rings. The summed E-state index contributed by atoms with van der Waals surface area (Å²) >= 11 is 0. The molecule has 1 atom stereocenters. The lowest BCUT2D eigenvalue weighted by atomic mass is 9.90. The Morgan fingerprint density at radius 1 is 1.26 bits per heavy atom. The van der Waals surface area contributed by atoms with Gasteiger partial charge in [0.15, 0.2) is 0 Å². The van der Waals surface area contributed by atoms with Crippen LogP contribution in [0.3, 0.4) is 0 Å². The highest BCUT2D eigenvalue weighted by Gasteiger charge is 2.49. The average Bonchev–Trinajstić information content (AvgIpc) is 3.00. The summed E-state index contributed by atoms with van der Waals surface area (Å²) in [6.45, 7) is 12.3. The molecule has 8 heteroatoms. The van der Waals surface area contributed by atoms with Crippen molar-refractivity contribution in [1.29, 1.82) is 0 Å². The SMILES string of the molecule is Cc1nc(C(=O)N2CC(C)(C)OC3(CNC3)C2)nc(N2CC[C@@H](N)C2)c1C. The molecule has 8 nitrogen and oxygen atoms in total. The van der Waals surface area contributed by atoms with Gasteiger partial charge in [0, 0.05) is 50.0 Å². The van der Waals surface area contributed by atoms with Crippen molar-refractivity contribution in [3.05, 3.63) is 17.1 Å². The van der Waals surface area contributed by atoms with Crippen LogP contribution in [0, 0.1) is 13.8 Å². The van der Waals surface area contributed by atoms with Crippen molar-refractivity contribution in [2.75, 3.05) is 44.2 Å². The van der Waals surface area contributed by atoms with Gasteiger partial charge in [-0.2, -0.15) is 0 Å². The van der Waals surface area contributed by atoms with Crippen LogP contribution in [0.25, 0.3) is 0 Å². The van der Waals surface area contributed by atoms with E-state index in [0.29, 0.717) is 13.1 Å². The highest BCUT2D eigenvalue weighted by atomic mass is 16.5. The zero-order valence-electron chi connectivity index (χ0n) is 16.7. The van der Waals surface area contributed by atoms with Crippen LogP contribution in [0.4, 0.5) is 5.82 Å². The third-order valence-electron chi connectivity index (χ3n) is 5.80. The molecule has 0 unspecified atom stereocenters. The first kappa shape index (κ1) is 18.6. The molecule has 1 amide bonds. The first-order valence-corrected chi connectivity index (χ1v) is 9.74. The van der Waals surface area contributed by atoms with E-state index in [4.69, 9.17) is 10.5 Å². The van der Waals surface area contributed by atoms with Crippen molar-refractivity contribution >= 4 is 11.7 Å². The fourth-order valence-electron chi connectivity index (χ4n) is 4.38. The Bertz CT molecular complexity index is 761. The molecule has 1 aromatic rings. The van der Waals surface area contributed by atoms with Crippen molar-refractivity contribution in [3.63, 3.8) is 0 Å². The molecule has 0 bridgehead atoms. The number of aryl methyl sites for hydroxylation is 1. The molecule has 3 saturated heterocycles. The summed E-state index contributed by atoms with van der Waals surface area (Å²) in [5.74, 6) is 0.991. The van der Waals surface area contributed by atoms with E-state index < -0.39 is 0 Å².